The molecule has 104 valence electrons. The number of aromatic carboxylic acids is 1. The Bertz CT molecular complexity index is 642. The number of nitrogens with zero attached hydrogens (tertiary/aromatic N) is 3. The third-order valence-corrected chi connectivity index (χ3v) is 3.08. The first kappa shape index (κ1) is 14.2. The van der Waals surface area contributed by atoms with Gasteiger partial charge in [0.15, 0.2) is 0 Å². The van der Waals surface area contributed by atoms with Crippen LogP contribution < -0.4 is 5.32 Å². The monoisotopic (exact) mass is 338 g/mol. The van der Waals surface area contributed by atoms with E-state index in [1.54, 1.807) is 13.0 Å². The van der Waals surface area contributed by atoms with Gasteiger partial charge in [0.1, 0.15) is 18.7 Å². The van der Waals surface area contributed by atoms with Crippen LogP contribution in [0.2, 0.25) is 0 Å². The van der Waals surface area contributed by atoms with Gasteiger partial charge in [-0.05, 0) is 25.1 Å². The molecule has 0 saturated carbocycles. The quantitative estimate of drug-likeness (QED) is 0.887. The van der Waals surface area contributed by atoms with Gasteiger partial charge < -0.3 is 10.4 Å². The molecule has 0 radical (unpaired) electrons. The minimum Gasteiger partial charge on any atom is -0.478 e. The highest BCUT2D eigenvalue weighted by Gasteiger charge is 2.16. The number of nitrogens with one attached hydrogen (secondary N) is 1. The predicted molar refractivity (Wildman–Crippen MR) is 74.5 cm³/mol. The second kappa shape index (κ2) is 5.83. The first-order chi connectivity index (χ1) is 9.47. The Hall–Kier alpha value is -2.22. The van der Waals surface area contributed by atoms with Crippen LogP contribution in [0.4, 0.5) is 5.69 Å². The second-order valence-corrected chi connectivity index (χ2v) is 4.99. The molecule has 0 aliphatic heterocycles. The molecule has 2 N–H and O–H groups in total. The zero-order valence-electron chi connectivity index (χ0n) is 10.4. The highest BCUT2D eigenvalue weighted by molar-refractivity contribution is 9.10. The molecule has 7 nitrogen and oxygen atoms in total. The van der Waals surface area contributed by atoms with Crippen molar-refractivity contribution in [1.82, 2.24) is 14.8 Å². The van der Waals surface area contributed by atoms with Crippen LogP contribution in [0.25, 0.3) is 0 Å². The molecule has 0 aliphatic rings. The van der Waals surface area contributed by atoms with E-state index >= 15 is 0 Å². The van der Waals surface area contributed by atoms with Crippen LogP contribution >= 0.6 is 15.9 Å². The lowest BCUT2D eigenvalue weighted by Gasteiger charge is -2.12. The number of aromatic nitrogens is 3. The summed E-state index contributed by atoms with van der Waals surface area (Å²) in [6.45, 7) is 1.67. The van der Waals surface area contributed by atoms with E-state index in [1.165, 1.54) is 29.5 Å². The number of carbonyl (C=O) groups is 2. The van der Waals surface area contributed by atoms with Crippen LogP contribution in [-0.2, 0) is 4.79 Å². The van der Waals surface area contributed by atoms with Crippen LogP contribution in [0, 0.1) is 0 Å². The number of carbonyl (C=O) groups excluding carboxylic acids is 1. The lowest BCUT2D eigenvalue weighted by atomic mass is 10.2. The van der Waals surface area contributed by atoms with Gasteiger partial charge in [-0.2, -0.15) is 5.10 Å². The maximum Gasteiger partial charge on any atom is 0.335 e. The largest absolute Gasteiger partial charge is 0.478 e. The minimum absolute atomic E-state index is 0.0862. The van der Waals surface area contributed by atoms with Crippen LogP contribution in [0.5, 0.6) is 0 Å². The summed E-state index contributed by atoms with van der Waals surface area (Å²) in [7, 11) is 0. The number of anilines is 1. The summed E-state index contributed by atoms with van der Waals surface area (Å²) in [6.07, 6.45) is 2.78. The number of hydrogen-bond donors (Lipinski definition) is 2. The maximum absolute atomic E-state index is 12.0. The van der Waals surface area contributed by atoms with E-state index in [0.717, 1.165) is 0 Å². The number of hydrogen-bond acceptors (Lipinski definition) is 4. The van der Waals surface area contributed by atoms with E-state index < -0.39 is 12.0 Å². The van der Waals surface area contributed by atoms with Crippen molar-refractivity contribution in [1.29, 1.82) is 0 Å². The third-order valence-electron chi connectivity index (χ3n) is 2.63. The summed E-state index contributed by atoms with van der Waals surface area (Å²) in [5.74, 6) is -1.38. The molecule has 1 heterocycles. The molecule has 0 bridgehead atoms. The Balaban J connectivity index is 2.17. The first-order valence-corrected chi connectivity index (χ1v) is 6.45. The summed E-state index contributed by atoms with van der Waals surface area (Å²) in [5, 5.41) is 15.5. The molecule has 1 aromatic carbocycles. The summed E-state index contributed by atoms with van der Waals surface area (Å²) >= 11 is 3.20. The van der Waals surface area contributed by atoms with Gasteiger partial charge in [-0.1, -0.05) is 15.9 Å². The van der Waals surface area contributed by atoms with E-state index in [1.807, 2.05) is 0 Å². The fourth-order valence-electron chi connectivity index (χ4n) is 1.57. The van der Waals surface area contributed by atoms with E-state index in [-0.39, 0.29) is 11.5 Å². The number of benzene rings is 1. The van der Waals surface area contributed by atoms with E-state index in [0.29, 0.717) is 10.2 Å². The molecule has 1 unspecified atom stereocenters. The van der Waals surface area contributed by atoms with Gasteiger partial charge in [-0.3, -0.25) is 4.79 Å². The molecule has 1 aromatic heterocycles. The van der Waals surface area contributed by atoms with Crippen molar-refractivity contribution in [3.05, 3.63) is 40.9 Å². The molecule has 8 heteroatoms. The zero-order valence-corrected chi connectivity index (χ0v) is 12.0. The van der Waals surface area contributed by atoms with Crippen molar-refractivity contribution < 1.29 is 14.7 Å². The Kier molecular flexibility index (Phi) is 4.14. The maximum atomic E-state index is 12.0. The Morgan fingerprint density at radius 1 is 1.40 bits per heavy atom. The highest BCUT2D eigenvalue weighted by Crippen LogP contribution is 2.20. The first-order valence-electron chi connectivity index (χ1n) is 5.66. The number of amides is 1. The van der Waals surface area contributed by atoms with Gasteiger partial charge in [-0.25, -0.2) is 14.5 Å². The smallest absolute Gasteiger partial charge is 0.335 e. The Morgan fingerprint density at radius 2 is 2.15 bits per heavy atom. The van der Waals surface area contributed by atoms with E-state index in [4.69, 9.17) is 5.11 Å². The van der Waals surface area contributed by atoms with Gasteiger partial charge in [0.05, 0.1) is 5.56 Å². The average molecular weight is 339 g/mol. The molecule has 20 heavy (non-hydrogen) atoms. The number of halogens is 1. The molecule has 0 fully saturated rings. The molecular formula is C12H11BrN4O3. The van der Waals surface area contributed by atoms with Gasteiger partial charge in [-0.15, -0.1) is 0 Å². The van der Waals surface area contributed by atoms with Crippen molar-refractivity contribution in [3.63, 3.8) is 0 Å². The van der Waals surface area contributed by atoms with Crippen LogP contribution in [-0.4, -0.2) is 31.7 Å². The third kappa shape index (κ3) is 3.21. The van der Waals surface area contributed by atoms with Crippen molar-refractivity contribution in [2.24, 2.45) is 0 Å². The zero-order chi connectivity index (χ0) is 14.7. The minimum atomic E-state index is -1.06. The Morgan fingerprint density at radius 3 is 2.75 bits per heavy atom. The summed E-state index contributed by atoms with van der Waals surface area (Å²) in [6, 6.07) is 3.92. The van der Waals surface area contributed by atoms with Crippen molar-refractivity contribution >= 4 is 33.5 Å². The molecule has 0 aliphatic carbocycles. The fraction of sp³-hybridized carbons (Fsp3) is 0.167. The molecule has 1 amide bonds. The molecular weight excluding hydrogens is 328 g/mol. The second-order valence-electron chi connectivity index (χ2n) is 4.07. The highest BCUT2D eigenvalue weighted by atomic mass is 79.9. The molecule has 0 spiro atoms. The van der Waals surface area contributed by atoms with Gasteiger partial charge >= 0.3 is 5.97 Å². The standard InChI is InChI=1S/C12H11BrN4O3/c1-7(17-6-14-5-15-17)11(18)16-10-3-8(12(19)20)2-9(13)4-10/h2-7H,1H3,(H,16,18)(H,19,20). The van der Waals surface area contributed by atoms with Crippen molar-refractivity contribution in [2.75, 3.05) is 5.32 Å². The van der Waals surface area contributed by atoms with Gasteiger partial charge in [0.25, 0.3) is 0 Å². The number of carboxylic acid groups (broad SMARTS) is 1. The summed E-state index contributed by atoms with van der Waals surface area (Å²) in [4.78, 5) is 26.8. The SMILES string of the molecule is CC(C(=O)Nc1cc(Br)cc(C(=O)O)c1)n1cncn1. The fourth-order valence-corrected chi connectivity index (χ4v) is 2.06. The van der Waals surface area contributed by atoms with Gasteiger partial charge in [0.2, 0.25) is 5.91 Å². The molecule has 1 atom stereocenters. The van der Waals surface area contributed by atoms with Crippen LogP contribution in [0.15, 0.2) is 35.3 Å². The summed E-state index contributed by atoms with van der Waals surface area (Å²) in [5.41, 5.74) is 0.483. The van der Waals surface area contributed by atoms with Crippen molar-refractivity contribution in [2.45, 2.75) is 13.0 Å². The summed E-state index contributed by atoms with van der Waals surface area (Å²) < 4.78 is 1.98. The lowest BCUT2D eigenvalue weighted by Crippen LogP contribution is -2.24. The average Bonchev–Trinajstić information content (AvgIpc) is 2.90. The Labute approximate surface area is 122 Å². The topological polar surface area (TPSA) is 97.1 Å². The van der Waals surface area contributed by atoms with Crippen molar-refractivity contribution in [3.8, 4) is 0 Å². The lowest BCUT2D eigenvalue weighted by molar-refractivity contribution is -0.119. The predicted octanol–water partition coefficient (Wildman–Crippen LogP) is 1.94. The number of carboxylic acids is 1. The molecule has 2 aromatic rings. The molecule has 0 saturated heterocycles. The molecule has 2 rings (SSSR count). The number of rotatable bonds is 4. The van der Waals surface area contributed by atoms with E-state index in [9.17, 15) is 9.59 Å². The van der Waals surface area contributed by atoms with Crippen LogP contribution in [0.3, 0.4) is 0 Å². The normalized spacial score (nSPS) is 11.9. The van der Waals surface area contributed by atoms with Crippen LogP contribution in [0.1, 0.15) is 23.3 Å². The van der Waals surface area contributed by atoms with Gasteiger partial charge in [0, 0.05) is 10.2 Å². The van der Waals surface area contributed by atoms with E-state index in [2.05, 4.69) is 31.3 Å².